The maximum absolute atomic E-state index is 5.82. The van der Waals surface area contributed by atoms with Crippen LogP contribution in [0.4, 0.5) is 5.82 Å². The predicted octanol–water partition coefficient (Wildman–Crippen LogP) is 2.58. The average Bonchev–Trinajstić information content (AvgIpc) is 2.45. The first-order valence-corrected chi connectivity index (χ1v) is 7.48. The molecular weight excluding hydrogens is 264 g/mol. The number of rotatable bonds is 2. The van der Waals surface area contributed by atoms with Gasteiger partial charge in [-0.3, -0.25) is 4.90 Å². The lowest BCUT2D eigenvalue weighted by molar-refractivity contribution is -0.331. The van der Waals surface area contributed by atoms with Gasteiger partial charge in [-0.1, -0.05) is 0 Å². The Balaban J connectivity index is 2.02. The number of nitrogens with one attached hydrogen (secondary N) is 1. The largest absolute Gasteiger partial charge is 0.497 e. The number of ether oxygens (including phenoxy) is 2. The van der Waals surface area contributed by atoms with E-state index in [0.29, 0.717) is 0 Å². The van der Waals surface area contributed by atoms with Gasteiger partial charge in [-0.15, -0.1) is 0 Å². The quantitative estimate of drug-likeness (QED) is 0.851. The summed E-state index contributed by atoms with van der Waals surface area (Å²) in [6.07, 6.45) is 0.506. The Kier molecular flexibility index (Phi) is 3.72. The fourth-order valence-electron chi connectivity index (χ4n) is 3.10. The zero-order valence-corrected chi connectivity index (χ0v) is 13.1. The number of aromatic amines is 1. The summed E-state index contributed by atoms with van der Waals surface area (Å²) in [6.45, 7) is 8.23. The Morgan fingerprint density at radius 3 is 2.57 bits per heavy atom. The summed E-state index contributed by atoms with van der Waals surface area (Å²) in [5, 5.41) is 1.23. The van der Waals surface area contributed by atoms with Gasteiger partial charge in [0.15, 0.2) is 0 Å². The van der Waals surface area contributed by atoms with Crippen LogP contribution >= 0.6 is 0 Å². The van der Waals surface area contributed by atoms with E-state index in [9.17, 15) is 0 Å². The number of aryl methyl sites for hydroxylation is 1. The summed E-state index contributed by atoms with van der Waals surface area (Å²) in [7, 11) is 1.70. The molecule has 1 fully saturated rings. The smallest absolute Gasteiger partial charge is 0.275 e. The molecule has 0 saturated carbocycles. The van der Waals surface area contributed by atoms with Crippen LogP contribution in [0.1, 0.15) is 19.4 Å². The average molecular weight is 287 g/mol. The molecule has 0 aliphatic carbocycles. The first-order valence-electron chi connectivity index (χ1n) is 7.48. The monoisotopic (exact) mass is 287 g/mol. The number of hydrogen-bond donors (Lipinski definition) is 0. The lowest BCUT2D eigenvalue weighted by atomic mass is 10.1. The minimum atomic E-state index is 0.253. The Labute approximate surface area is 125 Å². The number of fused-ring (bicyclic) bond motifs is 1. The van der Waals surface area contributed by atoms with E-state index in [2.05, 4.69) is 48.9 Å². The first kappa shape index (κ1) is 14.1. The number of benzene rings is 1. The molecule has 0 amide bonds. The molecule has 0 radical (unpaired) electrons. The van der Waals surface area contributed by atoms with E-state index in [1.165, 1.54) is 10.9 Å². The summed E-state index contributed by atoms with van der Waals surface area (Å²) in [5.41, 5.74) is 2.38. The summed E-state index contributed by atoms with van der Waals surface area (Å²) in [4.78, 5) is 5.91. The molecular formula is C17H23N2O2+. The van der Waals surface area contributed by atoms with Gasteiger partial charge in [0.1, 0.15) is 24.4 Å². The van der Waals surface area contributed by atoms with E-state index in [4.69, 9.17) is 9.47 Å². The van der Waals surface area contributed by atoms with E-state index in [1.54, 1.807) is 7.11 Å². The number of morpholine rings is 1. The second-order valence-corrected chi connectivity index (χ2v) is 5.91. The molecule has 4 heteroatoms. The Bertz CT molecular complexity index is 647. The SMILES string of the molecule is COc1ccc2c(C)cc(N3C[C@@H](C)O[C@H](C)C3)[nH+]c2c1. The van der Waals surface area contributed by atoms with E-state index >= 15 is 0 Å². The zero-order valence-electron chi connectivity index (χ0n) is 13.1. The fraction of sp³-hybridized carbons (Fsp3) is 0.471. The van der Waals surface area contributed by atoms with E-state index in [-0.39, 0.29) is 12.2 Å². The number of pyridine rings is 1. The normalized spacial score (nSPS) is 22.6. The number of H-pyrrole nitrogens is 1. The van der Waals surface area contributed by atoms with Crippen LogP contribution in [0, 0.1) is 6.92 Å². The van der Waals surface area contributed by atoms with Crippen molar-refractivity contribution >= 4 is 16.7 Å². The predicted molar refractivity (Wildman–Crippen MR) is 84.0 cm³/mol. The number of aromatic nitrogens is 1. The fourth-order valence-corrected chi connectivity index (χ4v) is 3.10. The molecule has 4 nitrogen and oxygen atoms in total. The molecule has 1 N–H and O–H groups in total. The lowest BCUT2D eigenvalue weighted by Gasteiger charge is -2.31. The van der Waals surface area contributed by atoms with Gasteiger partial charge < -0.3 is 9.47 Å². The zero-order chi connectivity index (χ0) is 15.0. The number of methoxy groups -OCH3 is 1. The van der Waals surface area contributed by atoms with Gasteiger partial charge >= 0.3 is 0 Å². The Morgan fingerprint density at radius 1 is 1.19 bits per heavy atom. The van der Waals surface area contributed by atoms with Gasteiger partial charge in [0.05, 0.1) is 19.3 Å². The highest BCUT2D eigenvalue weighted by molar-refractivity contribution is 5.81. The number of nitrogens with zero attached hydrogens (tertiary/aromatic N) is 1. The number of hydrogen-bond acceptors (Lipinski definition) is 3. The summed E-state index contributed by atoms with van der Waals surface area (Å²) >= 11 is 0. The van der Waals surface area contributed by atoms with Crippen LogP contribution in [-0.4, -0.2) is 32.4 Å². The molecule has 1 aromatic heterocycles. The molecule has 2 atom stereocenters. The molecule has 2 heterocycles. The van der Waals surface area contributed by atoms with Crippen molar-refractivity contribution in [3.8, 4) is 5.75 Å². The molecule has 0 unspecified atom stereocenters. The highest BCUT2D eigenvalue weighted by atomic mass is 16.5. The van der Waals surface area contributed by atoms with Crippen LogP contribution in [0.25, 0.3) is 10.9 Å². The summed E-state index contributed by atoms with van der Waals surface area (Å²) < 4.78 is 11.1. The number of anilines is 1. The van der Waals surface area contributed by atoms with Crippen LogP contribution in [0.2, 0.25) is 0 Å². The molecule has 2 aromatic rings. The van der Waals surface area contributed by atoms with Crippen molar-refractivity contribution < 1.29 is 14.5 Å². The Morgan fingerprint density at radius 2 is 1.90 bits per heavy atom. The van der Waals surface area contributed by atoms with Gasteiger partial charge in [0.2, 0.25) is 0 Å². The van der Waals surface area contributed by atoms with Gasteiger partial charge in [0.25, 0.3) is 5.82 Å². The van der Waals surface area contributed by atoms with Crippen molar-refractivity contribution in [2.24, 2.45) is 0 Å². The second kappa shape index (κ2) is 5.53. The molecule has 1 aromatic carbocycles. The lowest BCUT2D eigenvalue weighted by Crippen LogP contribution is -2.47. The topological polar surface area (TPSA) is 35.8 Å². The molecule has 1 aliphatic rings. The molecule has 21 heavy (non-hydrogen) atoms. The minimum Gasteiger partial charge on any atom is -0.497 e. The summed E-state index contributed by atoms with van der Waals surface area (Å²) in [6, 6.07) is 8.38. The van der Waals surface area contributed by atoms with Crippen molar-refractivity contribution in [3.63, 3.8) is 0 Å². The third kappa shape index (κ3) is 2.81. The maximum atomic E-state index is 5.82. The standard InChI is InChI=1S/C17H22N2O2/c1-11-7-17(19-9-12(2)21-13(3)10-19)18-16-8-14(20-4)5-6-15(11)16/h5-8,12-13H,9-10H2,1-4H3/p+1/t12-,13-/m1/s1. The van der Waals surface area contributed by atoms with Crippen LogP contribution in [0.5, 0.6) is 5.75 Å². The molecule has 1 aliphatic heterocycles. The second-order valence-electron chi connectivity index (χ2n) is 5.91. The minimum absolute atomic E-state index is 0.253. The molecule has 0 bridgehead atoms. The summed E-state index contributed by atoms with van der Waals surface area (Å²) in [5.74, 6) is 2.02. The van der Waals surface area contributed by atoms with Crippen LogP contribution < -0.4 is 14.6 Å². The van der Waals surface area contributed by atoms with E-state index < -0.39 is 0 Å². The van der Waals surface area contributed by atoms with Crippen LogP contribution in [0.15, 0.2) is 24.3 Å². The van der Waals surface area contributed by atoms with Gasteiger partial charge in [-0.25, -0.2) is 4.98 Å². The maximum Gasteiger partial charge on any atom is 0.275 e. The Hall–Kier alpha value is -1.81. The van der Waals surface area contributed by atoms with Gasteiger partial charge in [-0.2, -0.15) is 0 Å². The molecule has 0 spiro atoms. The third-order valence-electron chi connectivity index (χ3n) is 4.03. The van der Waals surface area contributed by atoms with Crippen LogP contribution in [0.3, 0.4) is 0 Å². The highest BCUT2D eigenvalue weighted by Crippen LogP contribution is 2.24. The van der Waals surface area contributed by atoms with Crippen molar-refractivity contribution in [3.05, 3.63) is 29.8 Å². The van der Waals surface area contributed by atoms with Crippen LogP contribution in [-0.2, 0) is 4.74 Å². The van der Waals surface area contributed by atoms with Crippen molar-refractivity contribution in [1.29, 1.82) is 0 Å². The van der Waals surface area contributed by atoms with Crippen molar-refractivity contribution in [2.75, 3.05) is 25.1 Å². The van der Waals surface area contributed by atoms with E-state index in [0.717, 1.165) is 30.2 Å². The molecule has 3 rings (SSSR count). The first-order chi connectivity index (χ1) is 10.1. The van der Waals surface area contributed by atoms with E-state index in [1.807, 2.05) is 6.07 Å². The van der Waals surface area contributed by atoms with Gasteiger partial charge in [-0.05, 0) is 38.5 Å². The highest BCUT2D eigenvalue weighted by Gasteiger charge is 2.29. The molecule has 112 valence electrons. The third-order valence-corrected chi connectivity index (χ3v) is 4.03. The van der Waals surface area contributed by atoms with Crippen molar-refractivity contribution in [1.82, 2.24) is 0 Å². The van der Waals surface area contributed by atoms with Crippen molar-refractivity contribution in [2.45, 2.75) is 33.0 Å². The van der Waals surface area contributed by atoms with Gasteiger partial charge in [0, 0.05) is 17.5 Å². The molecule has 1 saturated heterocycles.